The monoisotopic (exact) mass is 424 g/mol. The van der Waals surface area contributed by atoms with E-state index in [1.54, 1.807) is 18.4 Å². The first-order valence-corrected chi connectivity index (χ1v) is 11.0. The maximum atomic E-state index is 5.50. The molecule has 0 spiro atoms. The van der Waals surface area contributed by atoms with E-state index in [0.29, 0.717) is 0 Å². The minimum atomic E-state index is 0.766. The number of rotatable bonds is 10. The fourth-order valence-electron chi connectivity index (χ4n) is 3.24. The molecule has 1 aliphatic rings. The number of aromatic nitrogens is 2. The third-order valence-electron chi connectivity index (χ3n) is 4.83. The van der Waals surface area contributed by atoms with E-state index in [1.807, 2.05) is 23.7 Å². The third kappa shape index (κ3) is 5.91. The van der Waals surface area contributed by atoms with Gasteiger partial charge in [0.25, 0.3) is 0 Å². The molecule has 1 aromatic carbocycles. The summed E-state index contributed by atoms with van der Waals surface area (Å²) in [5.74, 6) is 0.897. The second-order valence-electron chi connectivity index (χ2n) is 6.74. The zero-order valence-electron chi connectivity index (χ0n) is 16.6. The number of benzene rings is 1. The molecule has 0 amide bonds. The molecule has 0 radical (unpaired) electrons. The van der Waals surface area contributed by atoms with Gasteiger partial charge in [0, 0.05) is 25.4 Å². The number of hydrogen-bond acceptors (Lipinski definition) is 7. The minimum absolute atomic E-state index is 0.766. The lowest BCUT2D eigenvalue weighted by molar-refractivity contribution is -0.924. The molecule has 0 atom stereocenters. The van der Waals surface area contributed by atoms with Crippen molar-refractivity contribution in [1.29, 1.82) is 0 Å². The van der Waals surface area contributed by atoms with E-state index >= 15 is 0 Å². The number of anilines is 2. The molecule has 0 aliphatic carbocycles. The molecule has 1 fully saturated rings. The van der Waals surface area contributed by atoms with Crippen molar-refractivity contribution in [2.75, 3.05) is 63.3 Å². The Morgan fingerprint density at radius 2 is 2.00 bits per heavy atom. The summed E-state index contributed by atoms with van der Waals surface area (Å²) in [4.78, 5) is 3.93. The summed E-state index contributed by atoms with van der Waals surface area (Å²) < 4.78 is 13.4. The Bertz CT molecular complexity index is 769. The lowest BCUT2D eigenvalue weighted by Gasteiger charge is -2.33. The van der Waals surface area contributed by atoms with Gasteiger partial charge in [0.1, 0.15) is 5.75 Å². The van der Waals surface area contributed by atoms with E-state index < -0.39 is 0 Å². The fraction of sp³-hybridized carbons (Fsp3) is 0.579. The van der Waals surface area contributed by atoms with Crippen LogP contribution in [0.1, 0.15) is 13.3 Å². The normalized spacial score (nSPS) is 15.0. The number of ether oxygens (including phenoxy) is 2. The average molecular weight is 425 g/mol. The van der Waals surface area contributed by atoms with Gasteiger partial charge in [-0.1, -0.05) is 11.3 Å². The van der Waals surface area contributed by atoms with Gasteiger partial charge in [-0.15, -0.1) is 5.10 Å². The SMILES string of the molecule is CCOCCCNc1nn(C[NH+]2CCN(c3ccc(OC)cc3)CC2)c(=S)s1. The molecule has 3 rings (SSSR count). The van der Waals surface area contributed by atoms with Crippen molar-refractivity contribution in [1.82, 2.24) is 9.78 Å². The van der Waals surface area contributed by atoms with Crippen molar-refractivity contribution in [2.45, 2.75) is 20.0 Å². The van der Waals surface area contributed by atoms with Crippen LogP contribution < -0.4 is 19.9 Å². The number of methoxy groups -OCH3 is 1. The number of quaternary nitrogens is 1. The van der Waals surface area contributed by atoms with Crippen LogP contribution in [0.2, 0.25) is 0 Å². The van der Waals surface area contributed by atoms with E-state index in [4.69, 9.17) is 21.7 Å². The summed E-state index contributed by atoms with van der Waals surface area (Å²) in [6, 6.07) is 8.30. The molecule has 1 aliphatic heterocycles. The van der Waals surface area contributed by atoms with Crippen LogP contribution in [-0.2, 0) is 11.4 Å². The van der Waals surface area contributed by atoms with Gasteiger partial charge in [-0.3, -0.25) is 0 Å². The van der Waals surface area contributed by atoms with Gasteiger partial charge < -0.3 is 24.6 Å². The molecule has 7 nitrogen and oxygen atoms in total. The molecule has 9 heteroatoms. The minimum Gasteiger partial charge on any atom is -0.497 e. The Balaban J connectivity index is 1.45. The molecule has 28 heavy (non-hydrogen) atoms. The van der Waals surface area contributed by atoms with E-state index in [0.717, 1.165) is 73.9 Å². The maximum absolute atomic E-state index is 5.50. The first-order valence-electron chi connectivity index (χ1n) is 9.81. The predicted octanol–water partition coefficient (Wildman–Crippen LogP) is 1.88. The van der Waals surface area contributed by atoms with Crippen molar-refractivity contribution in [2.24, 2.45) is 0 Å². The van der Waals surface area contributed by atoms with Gasteiger partial charge in [0.15, 0.2) is 10.6 Å². The van der Waals surface area contributed by atoms with Crippen LogP contribution in [0.3, 0.4) is 0 Å². The molecule has 1 aromatic heterocycles. The van der Waals surface area contributed by atoms with E-state index in [-0.39, 0.29) is 0 Å². The van der Waals surface area contributed by atoms with Crippen LogP contribution >= 0.6 is 23.6 Å². The number of nitrogens with zero attached hydrogens (tertiary/aromatic N) is 3. The van der Waals surface area contributed by atoms with Crippen LogP contribution in [0.5, 0.6) is 5.75 Å². The maximum Gasteiger partial charge on any atom is 0.204 e. The highest BCUT2D eigenvalue weighted by molar-refractivity contribution is 7.73. The van der Waals surface area contributed by atoms with Gasteiger partial charge in [-0.25, -0.2) is 0 Å². The zero-order valence-corrected chi connectivity index (χ0v) is 18.3. The van der Waals surface area contributed by atoms with E-state index in [1.165, 1.54) is 10.6 Å². The van der Waals surface area contributed by atoms with E-state index in [2.05, 4.69) is 27.4 Å². The lowest BCUT2D eigenvalue weighted by atomic mass is 10.2. The topological polar surface area (TPSA) is 56.0 Å². The summed E-state index contributed by atoms with van der Waals surface area (Å²) >= 11 is 7.05. The van der Waals surface area contributed by atoms with Crippen molar-refractivity contribution >= 4 is 34.4 Å². The number of hydrogen-bond donors (Lipinski definition) is 2. The smallest absolute Gasteiger partial charge is 0.204 e. The van der Waals surface area contributed by atoms with Crippen LogP contribution in [0.4, 0.5) is 10.8 Å². The molecule has 2 heterocycles. The Hall–Kier alpha value is -1.68. The second-order valence-corrected chi connectivity index (χ2v) is 8.37. The Labute approximate surface area is 175 Å². The molecular formula is C19H30N5O2S2+. The number of piperazine rings is 1. The largest absolute Gasteiger partial charge is 0.497 e. The first kappa shape index (κ1) is 21.0. The highest BCUT2D eigenvalue weighted by Gasteiger charge is 2.21. The van der Waals surface area contributed by atoms with Crippen molar-refractivity contribution in [3.05, 3.63) is 28.2 Å². The zero-order chi connectivity index (χ0) is 19.8. The van der Waals surface area contributed by atoms with Crippen LogP contribution in [0, 0.1) is 3.95 Å². The van der Waals surface area contributed by atoms with Gasteiger partial charge >= 0.3 is 0 Å². The van der Waals surface area contributed by atoms with Gasteiger partial charge in [-0.2, -0.15) is 4.68 Å². The summed E-state index contributed by atoms with van der Waals surface area (Å²) in [7, 11) is 1.70. The van der Waals surface area contributed by atoms with E-state index in [9.17, 15) is 0 Å². The summed E-state index contributed by atoms with van der Waals surface area (Å²) in [5.41, 5.74) is 1.25. The molecule has 2 N–H and O–H groups in total. The van der Waals surface area contributed by atoms with Crippen molar-refractivity contribution < 1.29 is 14.4 Å². The highest BCUT2D eigenvalue weighted by Crippen LogP contribution is 2.19. The van der Waals surface area contributed by atoms with Crippen molar-refractivity contribution in [3.8, 4) is 5.75 Å². The summed E-state index contributed by atoms with van der Waals surface area (Å²) in [6.45, 7) is 9.44. The van der Waals surface area contributed by atoms with Crippen LogP contribution in [0.15, 0.2) is 24.3 Å². The summed E-state index contributed by atoms with van der Waals surface area (Å²) in [5, 5.41) is 8.90. The molecule has 154 valence electrons. The first-order chi connectivity index (χ1) is 13.7. The molecule has 0 bridgehead atoms. The molecule has 1 saturated heterocycles. The second kappa shape index (κ2) is 10.8. The Morgan fingerprint density at radius 3 is 2.68 bits per heavy atom. The lowest BCUT2D eigenvalue weighted by Crippen LogP contribution is -3.14. The van der Waals surface area contributed by atoms with Gasteiger partial charge in [-0.05, 0) is 49.8 Å². The average Bonchev–Trinajstić information content (AvgIpc) is 3.07. The summed E-state index contributed by atoms with van der Waals surface area (Å²) in [6.07, 6.45) is 0.971. The van der Waals surface area contributed by atoms with Crippen LogP contribution in [0.25, 0.3) is 0 Å². The predicted molar refractivity (Wildman–Crippen MR) is 116 cm³/mol. The standard InChI is InChI=1S/C19H29N5O2S2/c1-3-26-14-4-9-20-18-21-24(19(27)28-18)15-22-10-12-23(13-11-22)16-5-7-17(25-2)8-6-16/h5-8H,3-4,9-15H2,1-2H3,(H,20,21)/p+1. The Kier molecular flexibility index (Phi) is 8.08. The quantitative estimate of drug-likeness (QED) is 0.449. The third-order valence-corrected chi connectivity index (χ3v) is 6.10. The fourth-order valence-corrected chi connectivity index (χ4v) is 4.27. The van der Waals surface area contributed by atoms with Gasteiger partial charge in [0.2, 0.25) is 5.13 Å². The molecule has 2 aromatic rings. The molecule has 0 saturated carbocycles. The Morgan fingerprint density at radius 1 is 1.25 bits per heavy atom. The molecular weight excluding hydrogens is 394 g/mol. The van der Waals surface area contributed by atoms with Crippen molar-refractivity contribution in [3.63, 3.8) is 0 Å². The molecule has 0 unspecified atom stereocenters. The van der Waals surface area contributed by atoms with Gasteiger partial charge in [0.05, 0.1) is 33.3 Å². The van der Waals surface area contributed by atoms with Crippen LogP contribution in [-0.4, -0.2) is 62.8 Å². The number of nitrogens with one attached hydrogen (secondary N) is 2. The highest BCUT2D eigenvalue weighted by atomic mass is 32.1.